The molecule has 36 heavy (non-hydrogen) atoms. The number of nitrogens with zero attached hydrogens (tertiary/aromatic N) is 5. The third-order valence-electron chi connectivity index (χ3n) is 8.94. The summed E-state index contributed by atoms with van der Waals surface area (Å²) in [5, 5.41) is 15.1. The number of hydrogen-bond donors (Lipinski definition) is 1. The van der Waals surface area contributed by atoms with Crippen LogP contribution in [0.5, 0.6) is 6.01 Å². The Morgan fingerprint density at radius 1 is 1.25 bits per heavy atom. The molecule has 0 amide bonds. The minimum Gasteiger partial charge on any atom is -0.458 e. The van der Waals surface area contributed by atoms with E-state index in [9.17, 15) is 5.26 Å². The molecule has 0 unspecified atom stereocenters. The van der Waals surface area contributed by atoms with Gasteiger partial charge < -0.3 is 15.0 Å². The largest absolute Gasteiger partial charge is 0.458 e. The Kier molecular flexibility index (Phi) is 5.58. The molecule has 0 bridgehead atoms. The van der Waals surface area contributed by atoms with E-state index in [1.165, 1.54) is 11.3 Å². The summed E-state index contributed by atoms with van der Waals surface area (Å²) in [6.07, 6.45) is 9.68. The molecule has 8 nitrogen and oxygen atoms in total. The fourth-order valence-corrected chi connectivity index (χ4v) is 7.85. The van der Waals surface area contributed by atoms with E-state index >= 15 is 0 Å². The number of likely N-dealkylation sites (tertiary alicyclic amines) is 1. The molecule has 2 N–H and O–H groups in total. The van der Waals surface area contributed by atoms with Gasteiger partial charge in [0.25, 0.3) is 0 Å². The average Bonchev–Trinajstić information content (AvgIpc) is 3.55. The van der Waals surface area contributed by atoms with Gasteiger partial charge in [-0.25, -0.2) is 4.98 Å². The van der Waals surface area contributed by atoms with Gasteiger partial charge >= 0.3 is 6.01 Å². The van der Waals surface area contributed by atoms with Crippen LogP contribution in [0.3, 0.4) is 0 Å². The minimum absolute atomic E-state index is 0.0433. The number of thiophene rings is 1. The van der Waals surface area contributed by atoms with Crippen molar-refractivity contribution in [3.8, 4) is 23.5 Å². The second-order valence-electron chi connectivity index (χ2n) is 10.7. The predicted octanol–water partition coefficient (Wildman–Crippen LogP) is 4.86. The lowest BCUT2D eigenvalue weighted by Crippen LogP contribution is -2.50. The van der Waals surface area contributed by atoms with Crippen LogP contribution in [-0.2, 0) is 18.3 Å². The van der Waals surface area contributed by atoms with Crippen LogP contribution in [0.15, 0.2) is 16.8 Å². The standard InChI is InChI=1S/C27H32N6O2S/c1-16(26(2)10-6-14-33(26)3)34-25-30-13-9-19(31-25)22-17-7-4-11-27(23(17)35-32-22)12-5-8-20-21(27)18(15-28)24(29)36-20/h9,13,16H,4-8,10-12,14,29H2,1-3H3/t16-,26+,27-/m0/s1. The molecule has 3 aromatic heterocycles. The van der Waals surface area contributed by atoms with Crippen molar-refractivity contribution in [3.05, 3.63) is 39.6 Å². The van der Waals surface area contributed by atoms with Gasteiger partial charge in [-0.2, -0.15) is 10.2 Å². The van der Waals surface area contributed by atoms with Crippen molar-refractivity contribution in [1.29, 1.82) is 5.26 Å². The maximum atomic E-state index is 9.92. The maximum absolute atomic E-state index is 9.92. The smallest absolute Gasteiger partial charge is 0.317 e. The van der Waals surface area contributed by atoms with E-state index < -0.39 is 0 Å². The lowest BCUT2D eigenvalue weighted by Gasteiger charge is -2.39. The zero-order valence-corrected chi connectivity index (χ0v) is 22.0. The van der Waals surface area contributed by atoms with Crippen LogP contribution in [0.1, 0.15) is 79.7 Å². The van der Waals surface area contributed by atoms with E-state index in [2.05, 4.69) is 42.0 Å². The number of aromatic nitrogens is 3. The SMILES string of the molecule is C[C@H](Oc1nccc(-c2noc3c2CCC[C@@]32CCCc3sc(N)c(C#N)c32)n1)[C@@]1(C)CCCN1C. The number of nitriles is 1. The van der Waals surface area contributed by atoms with Crippen LogP contribution < -0.4 is 10.5 Å². The van der Waals surface area contributed by atoms with Crippen molar-refractivity contribution in [2.75, 3.05) is 19.3 Å². The predicted molar refractivity (Wildman–Crippen MR) is 138 cm³/mol. The Labute approximate surface area is 215 Å². The van der Waals surface area contributed by atoms with E-state index in [4.69, 9.17) is 20.0 Å². The van der Waals surface area contributed by atoms with Gasteiger partial charge in [-0.05, 0) is 90.4 Å². The van der Waals surface area contributed by atoms with E-state index in [-0.39, 0.29) is 17.1 Å². The number of likely N-dealkylation sites (N-methyl/N-ethyl adjacent to an activating group) is 1. The number of nitrogen functional groups attached to an aromatic ring is 1. The Balaban J connectivity index is 1.37. The molecule has 1 aliphatic heterocycles. The fourth-order valence-electron chi connectivity index (χ4n) is 6.69. The first-order valence-electron chi connectivity index (χ1n) is 12.9. The molecule has 4 heterocycles. The highest BCUT2D eigenvalue weighted by Gasteiger charge is 2.48. The number of hydrogen-bond acceptors (Lipinski definition) is 9. The molecule has 9 heteroatoms. The van der Waals surface area contributed by atoms with E-state index in [0.29, 0.717) is 22.3 Å². The van der Waals surface area contributed by atoms with Crippen molar-refractivity contribution in [2.45, 2.75) is 82.3 Å². The van der Waals surface area contributed by atoms with Crippen LogP contribution in [-0.4, -0.2) is 45.3 Å². The molecule has 6 rings (SSSR count). The molecule has 2 aliphatic carbocycles. The normalized spacial score (nSPS) is 26.4. The van der Waals surface area contributed by atoms with Crippen LogP contribution in [0.25, 0.3) is 11.4 Å². The van der Waals surface area contributed by atoms with Crippen LogP contribution in [0.4, 0.5) is 5.00 Å². The minimum atomic E-state index is -0.339. The number of rotatable bonds is 4. The monoisotopic (exact) mass is 504 g/mol. The van der Waals surface area contributed by atoms with Gasteiger partial charge in [0, 0.05) is 16.6 Å². The summed E-state index contributed by atoms with van der Waals surface area (Å²) in [5.41, 5.74) is 10.1. The Bertz CT molecular complexity index is 1350. The molecule has 1 spiro atoms. The van der Waals surface area contributed by atoms with E-state index in [0.717, 1.165) is 74.1 Å². The first-order chi connectivity index (χ1) is 17.4. The zero-order chi connectivity index (χ0) is 25.1. The summed E-state index contributed by atoms with van der Waals surface area (Å²) in [7, 11) is 2.15. The van der Waals surface area contributed by atoms with E-state index in [1.807, 2.05) is 6.07 Å². The van der Waals surface area contributed by atoms with Crippen molar-refractivity contribution in [2.24, 2.45) is 0 Å². The third-order valence-corrected chi connectivity index (χ3v) is 10.0. The number of aryl methyl sites for hydroxylation is 1. The van der Waals surface area contributed by atoms with Crippen molar-refractivity contribution in [1.82, 2.24) is 20.0 Å². The second-order valence-corrected chi connectivity index (χ2v) is 11.9. The Morgan fingerprint density at radius 3 is 2.81 bits per heavy atom. The van der Waals surface area contributed by atoms with Gasteiger partial charge in [0.1, 0.15) is 22.9 Å². The molecule has 0 aromatic carbocycles. The summed E-state index contributed by atoms with van der Waals surface area (Å²) in [6, 6.07) is 4.61. The van der Waals surface area contributed by atoms with Crippen LogP contribution in [0.2, 0.25) is 0 Å². The molecule has 188 valence electrons. The molecule has 0 saturated carbocycles. The third kappa shape index (κ3) is 3.38. The molecular weight excluding hydrogens is 472 g/mol. The lowest BCUT2D eigenvalue weighted by molar-refractivity contribution is 0.0410. The van der Waals surface area contributed by atoms with Gasteiger partial charge in [0.2, 0.25) is 0 Å². The summed E-state index contributed by atoms with van der Waals surface area (Å²) in [5.74, 6) is 0.883. The van der Waals surface area contributed by atoms with Gasteiger partial charge in [0.15, 0.2) is 5.76 Å². The van der Waals surface area contributed by atoms with Crippen molar-refractivity contribution in [3.63, 3.8) is 0 Å². The highest BCUT2D eigenvalue weighted by atomic mass is 32.1. The first kappa shape index (κ1) is 23.4. The average molecular weight is 505 g/mol. The summed E-state index contributed by atoms with van der Waals surface area (Å²) < 4.78 is 12.4. The number of anilines is 1. The van der Waals surface area contributed by atoms with Crippen molar-refractivity contribution < 1.29 is 9.26 Å². The molecule has 1 saturated heterocycles. The van der Waals surface area contributed by atoms with Crippen LogP contribution in [0, 0.1) is 11.3 Å². The quantitative estimate of drug-likeness (QED) is 0.536. The first-order valence-corrected chi connectivity index (χ1v) is 13.7. The maximum Gasteiger partial charge on any atom is 0.317 e. The van der Waals surface area contributed by atoms with Gasteiger partial charge in [-0.1, -0.05) is 5.16 Å². The van der Waals surface area contributed by atoms with Gasteiger partial charge in [-0.15, -0.1) is 11.3 Å². The highest BCUT2D eigenvalue weighted by Crippen LogP contribution is 2.55. The second kappa shape index (κ2) is 8.56. The number of nitrogens with two attached hydrogens (primary N) is 1. The molecular formula is C27H32N6O2S. The molecule has 3 aliphatic rings. The molecule has 3 aromatic rings. The Hall–Kier alpha value is -2.96. The summed E-state index contributed by atoms with van der Waals surface area (Å²) >= 11 is 1.56. The summed E-state index contributed by atoms with van der Waals surface area (Å²) in [6.45, 7) is 5.41. The highest BCUT2D eigenvalue weighted by molar-refractivity contribution is 7.16. The number of ether oxygens (including phenoxy) is 1. The van der Waals surface area contributed by atoms with E-state index in [1.54, 1.807) is 17.5 Å². The number of fused-ring (bicyclic) bond motifs is 4. The molecule has 0 radical (unpaired) electrons. The van der Waals surface area contributed by atoms with Gasteiger partial charge in [-0.3, -0.25) is 4.90 Å². The van der Waals surface area contributed by atoms with Crippen molar-refractivity contribution >= 4 is 16.3 Å². The zero-order valence-electron chi connectivity index (χ0n) is 21.1. The van der Waals surface area contributed by atoms with Crippen LogP contribution >= 0.6 is 11.3 Å². The fraction of sp³-hybridized carbons (Fsp3) is 0.556. The summed E-state index contributed by atoms with van der Waals surface area (Å²) in [4.78, 5) is 12.8. The lowest BCUT2D eigenvalue weighted by atomic mass is 9.63. The van der Waals surface area contributed by atoms with Gasteiger partial charge in [0.05, 0.1) is 22.2 Å². The Morgan fingerprint density at radius 2 is 2.06 bits per heavy atom. The molecule has 1 fully saturated rings. The topological polar surface area (TPSA) is 114 Å². The molecule has 3 atom stereocenters.